The Balaban J connectivity index is 1.96. The van der Waals surface area contributed by atoms with Gasteiger partial charge in [-0.3, -0.25) is 10.1 Å². The zero-order valence-electron chi connectivity index (χ0n) is 13.7. The van der Waals surface area contributed by atoms with E-state index in [9.17, 15) is 9.59 Å². The van der Waals surface area contributed by atoms with Crippen LogP contribution < -0.4 is 15.4 Å². The highest BCUT2D eigenvalue weighted by Gasteiger charge is 2.47. The van der Waals surface area contributed by atoms with Gasteiger partial charge in [0.15, 0.2) is 5.54 Å². The first-order valence-electron chi connectivity index (χ1n) is 7.94. The molecule has 2 aromatic rings. The molecule has 0 bridgehead atoms. The van der Waals surface area contributed by atoms with Crippen LogP contribution in [-0.2, 0) is 16.8 Å². The van der Waals surface area contributed by atoms with Crippen molar-refractivity contribution in [1.82, 2.24) is 10.6 Å². The third-order valence-electron chi connectivity index (χ3n) is 3.97. The van der Waals surface area contributed by atoms with E-state index in [1.54, 1.807) is 0 Å². The summed E-state index contributed by atoms with van der Waals surface area (Å²) in [4.78, 5) is 24.3. The van der Waals surface area contributed by atoms with Gasteiger partial charge >= 0.3 is 6.03 Å². The minimum Gasteiger partial charge on any atom is -0.491 e. The Hall–Kier alpha value is -2.82. The SMILES string of the molecule is CC(C)Oc1ccc(C2(Cc3ccccc3)NC(=O)NC2=O)cc1. The van der Waals surface area contributed by atoms with Gasteiger partial charge in [0.2, 0.25) is 0 Å². The van der Waals surface area contributed by atoms with Crippen molar-refractivity contribution in [3.05, 3.63) is 65.7 Å². The van der Waals surface area contributed by atoms with Crippen LogP contribution in [0, 0.1) is 0 Å². The molecule has 3 rings (SSSR count). The number of carbonyl (C=O) groups is 2. The van der Waals surface area contributed by atoms with E-state index in [1.165, 1.54) is 0 Å². The molecule has 1 fully saturated rings. The summed E-state index contributed by atoms with van der Waals surface area (Å²) < 4.78 is 5.64. The lowest BCUT2D eigenvalue weighted by molar-refractivity contribution is -0.124. The summed E-state index contributed by atoms with van der Waals surface area (Å²) in [5, 5.41) is 5.15. The summed E-state index contributed by atoms with van der Waals surface area (Å²) in [6.45, 7) is 3.91. The predicted octanol–water partition coefficient (Wildman–Crippen LogP) is 2.75. The summed E-state index contributed by atoms with van der Waals surface area (Å²) in [6, 6.07) is 16.4. The van der Waals surface area contributed by atoms with Gasteiger partial charge in [0.05, 0.1) is 6.10 Å². The van der Waals surface area contributed by atoms with Crippen molar-refractivity contribution in [2.24, 2.45) is 0 Å². The molecule has 5 nitrogen and oxygen atoms in total. The molecule has 0 radical (unpaired) electrons. The standard InChI is InChI=1S/C19H20N2O3/c1-13(2)24-16-10-8-15(9-11-16)19(17(22)20-18(23)21-19)12-14-6-4-3-5-7-14/h3-11,13H,12H2,1-2H3,(H2,20,21,22,23). The van der Waals surface area contributed by atoms with E-state index in [-0.39, 0.29) is 12.0 Å². The molecule has 0 spiro atoms. The van der Waals surface area contributed by atoms with Crippen LogP contribution in [-0.4, -0.2) is 18.0 Å². The Kier molecular flexibility index (Phi) is 4.25. The van der Waals surface area contributed by atoms with Crippen molar-refractivity contribution in [3.63, 3.8) is 0 Å². The minimum absolute atomic E-state index is 0.0728. The van der Waals surface area contributed by atoms with E-state index in [1.807, 2.05) is 68.4 Å². The molecule has 1 aliphatic rings. The van der Waals surface area contributed by atoms with E-state index in [0.29, 0.717) is 6.42 Å². The maximum absolute atomic E-state index is 12.5. The van der Waals surface area contributed by atoms with Crippen molar-refractivity contribution in [3.8, 4) is 5.75 Å². The van der Waals surface area contributed by atoms with Gasteiger partial charge in [-0.05, 0) is 37.1 Å². The molecule has 2 aromatic carbocycles. The van der Waals surface area contributed by atoms with Crippen molar-refractivity contribution < 1.29 is 14.3 Å². The van der Waals surface area contributed by atoms with Crippen LogP contribution in [0.5, 0.6) is 5.75 Å². The fourth-order valence-corrected chi connectivity index (χ4v) is 2.91. The molecule has 1 heterocycles. The van der Waals surface area contributed by atoms with Crippen molar-refractivity contribution in [2.75, 3.05) is 0 Å². The Labute approximate surface area is 141 Å². The molecule has 0 aliphatic carbocycles. The lowest BCUT2D eigenvalue weighted by atomic mass is 9.84. The van der Waals surface area contributed by atoms with Crippen LogP contribution in [0.3, 0.4) is 0 Å². The molecule has 124 valence electrons. The number of nitrogens with one attached hydrogen (secondary N) is 2. The molecule has 1 saturated heterocycles. The second-order valence-electron chi connectivity index (χ2n) is 6.17. The molecule has 1 atom stereocenters. The topological polar surface area (TPSA) is 67.4 Å². The normalized spacial score (nSPS) is 20.0. The average Bonchev–Trinajstić information content (AvgIpc) is 2.83. The quantitative estimate of drug-likeness (QED) is 0.831. The second-order valence-corrected chi connectivity index (χ2v) is 6.17. The summed E-state index contributed by atoms with van der Waals surface area (Å²) in [7, 11) is 0. The molecule has 1 aliphatic heterocycles. The van der Waals surface area contributed by atoms with Crippen LogP contribution in [0.25, 0.3) is 0 Å². The number of imide groups is 1. The number of carbonyl (C=O) groups excluding carboxylic acids is 2. The first kappa shape index (κ1) is 16.1. The van der Waals surface area contributed by atoms with Gasteiger partial charge in [0.1, 0.15) is 5.75 Å². The smallest absolute Gasteiger partial charge is 0.322 e. The monoisotopic (exact) mass is 324 g/mol. The Bertz CT molecular complexity index is 741. The molecular formula is C19H20N2O3. The van der Waals surface area contributed by atoms with E-state index in [4.69, 9.17) is 4.74 Å². The number of ether oxygens (including phenoxy) is 1. The zero-order valence-corrected chi connectivity index (χ0v) is 13.7. The number of benzene rings is 2. The predicted molar refractivity (Wildman–Crippen MR) is 90.7 cm³/mol. The third kappa shape index (κ3) is 3.11. The van der Waals surface area contributed by atoms with Gasteiger partial charge in [-0.15, -0.1) is 0 Å². The fraction of sp³-hybridized carbons (Fsp3) is 0.263. The van der Waals surface area contributed by atoms with Gasteiger partial charge < -0.3 is 10.1 Å². The largest absolute Gasteiger partial charge is 0.491 e. The van der Waals surface area contributed by atoms with Crippen LogP contribution >= 0.6 is 0 Å². The maximum Gasteiger partial charge on any atom is 0.322 e. The van der Waals surface area contributed by atoms with Crippen molar-refractivity contribution in [1.29, 1.82) is 0 Å². The highest BCUT2D eigenvalue weighted by Crippen LogP contribution is 2.30. The van der Waals surface area contributed by atoms with Gasteiger partial charge in [-0.1, -0.05) is 42.5 Å². The van der Waals surface area contributed by atoms with Crippen molar-refractivity contribution in [2.45, 2.75) is 31.9 Å². The third-order valence-corrected chi connectivity index (χ3v) is 3.97. The molecular weight excluding hydrogens is 304 g/mol. The molecule has 1 unspecified atom stereocenters. The summed E-state index contributed by atoms with van der Waals surface area (Å²) in [5.41, 5.74) is 0.595. The number of urea groups is 1. The van der Waals surface area contributed by atoms with Gasteiger partial charge in [-0.25, -0.2) is 4.79 Å². The molecule has 0 saturated carbocycles. The lowest BCUT2D eigenvalue weighted by Crippen LogP contribution is -2.45. The fourth-order valence-electron chi connectivity index (χ4n) is 2.91. The van der Waals surface area contributed by atoms with Gasteiger partial charge in [-0.2, -0.15) is 0 Å². The maximum atomic E-state index is 12.5. The van der Waals surface area contributed by atoms with E-state index >= 15 is 0 Å². The Morgan fingerprint density at radius 1 is 1.00 bits per heavy atom. The molecule has 3 amide bonds. The van der Waals surface area contributed by atoms with Crippen LogP contribution in [0.2, 0.25) is 0 Å². The van der Waals surface area contributed by atoms with Gasteiger partial charge in [0.25, 0.3) is 5.91 Å². The number of hydrogen-bond acceptors (Lipinski definition) is 3. The highest BCUT2D eigenvalue weighted by molar-refractivity contribution is 6.07. The van der Waals surface area contributed by atoms with Crippen molar-refractivity contribution >= 4 is 11.9 Å². The average molecular weight is 324 g/mol. The lowest BCUT2D eigenvalue weighted by Gasteiger charge is -2.27. The van der Waals surface area contributed by atoms with Crippen LogP contribution in [0.15, 0.2) is 54.6 Å². The summed E-state index contributed by atoms with van der Waals surface area (Å²) in [6.07, 6.45) is 0.458. The molecule has 2 N–H and O–H groups in total. The Morgan fingerprint density at radius 2 is 1.67 bits per heavy atom. The van der Waals surface area contributed by atoms with Crippen LogP contribution in [0.4, 0.5) is 4.79 Å². The first-order valence-corrected chi connectivity index (χ1v) is 7.94. The number of rotatable bonds is 5. The molecule has 0 aromatic heterocycles. The number of hydrogen-bond donors (Lipinski definition) is 2. The Morgan fingerprint density at radius 3 is 2.21 bits per heavy atom. The first-order chi connectivity index (χ1) is 11.5. The van der Waals surface area contributed by atoms with Gasteiger partial charge in [0, 0.05) is 6.42 Å². The van der Waals surface area contributed by atoms with Crippen LogP contribution in [0.1, 0.15) is 25.0 Å². The molecule has 24 heavy (non-hydrogen) atoms. The van der Waals surface area contributed by atoms with E-state index in [0.717, 1.165) is 16.9 Å². The van der Waals surface area contributed by atoms with E-state index < -0.39 is 11.6 Å². The summed E-state index contributed by atoms with van der Waals surface area (Å²) in [5.74, 6) is 0.391. The highest BCUT2D eigenvalue weighted by atomic mass is 16.5. The second kappa shape index (κ2) is 6.35. The minimum atomic E-state index is -1.10. The summed E-state index contributed by atoms with van der Waals surface area (Å²) >= 11 is 0. The van der Waals surface area contributed by atoms with E-state index in [2.05, 4.69) is 10.6 Å². The molecule has 5 heteroatoms. The zero-order chi connectivity index (χ0) is 17.2. The number of amides is 3.